The molecular formula is C12H17N3O4. The van der Waals surface area contributed by atoms with Crippen LogP contribution in [0.5, 0.6) is 0 Å². The smallest absolute Gasteiger partial charge is 0.326 e. The van der Waals surface area contributed by atoms with Crippen LogP contribution in [0.3, 0.4) is 0 Å². The van der Waals surface area contributed by atoms with Crippen molar-refractivity contribution in [2.24, 2.45) is 0 Å². The van der Waals surface area contributed by atoms with E-state index in [9.17, 15) is 19.5 Å². The standard InChI is InChI=1S/C12H17N3O4/c1-12(19)3-2-5-15(6-4-12)10(17)8-7-9(16)14-11(18)13-8/h7,19H,2-6H2,1H3,(H2,13,14,16,18). The molecule has 1 saturated heterocycles. The SMILES string of the molecule is CC1(O)CCCN(C(=O)c2cc(=O)[nH]c(=O)[nH]2)CC1. The molecular weight excluding hydrogens is 250 g/mol. The fraction of sp³-hybridized carbons (Fsp3) is 0.583. The number of hydrogen-bond acceptors (Lipinski definition) is 4. The molecule has 1 atom stereocenters. The lowest BCUT2D eigenvalue weighted by Crippen LogP contribution is -2.36. The maximum absolute atomic E-state index is 12.2. The Kier molecular flexibility index (Phi) is 3.57. The van der Waals surface area contributed by atoms with Crippen LogP contribution < -0.4 is 11.2 Å². The number of nitrogens with one attached hydrogen (secondary N) is 2. The van der Waals surface area contributed by atoms with Gasteiger partial charge in [0.1, 0.15) is 5.69 Å². The number of aromatic amines is 2. The van der Waals surface area contributed by atoms with Crippen molar-refractivity contribution in [2.75, 3.05) is 13.1 Å². The van der Waals surface area contributed by atoms with Gasteiger partial charge in [0.25, 0.3) is 11.5 Å². The van der Waals surface area contributed by atoms with E-state index in [1.165, 1.54) is 0 Å². The lowest BCUT2D eigenvalue weighted by Gasteiger charge is -2.22. The highest BCUT2D eigenvalue weighted by atomic mass is 16.3. The summed E-state index contributed by atoms with van der Waals surface area (Å²) in [5, 5.41) is 9.96. The van der Waals surface area contributed by atoms with E-state index >= 15 is 0 Å². The summed E-state index contributed by atoms with van der Waals surface area (Å²) in [4.78, 5) is 40.4. The van der Waals surface area contributed by atoms with E-state index in [0.29, 0.717) is 32.4 Å². The molecule has 7 nitrogen and oxygen atoms in total. The molecule has 0 aliphatic carbocycles. The molecule has 2 rings (SSSR count). The van der Waals surface area contributed by atoms with Gasteiger partial charge >= 0.3 is 5.69 Å². The van der Waals surface area contributed by atoms with Gasteiger partial charge in [0.15, 0.2) is 0 Å². The molecule has 0 radical (unpaired) electrons. The number of H-pyrrole nitrogens is 2. The Morgan fingerprint density at radius 2 is 2.05 bits per heavy atom. The summed E-state index contributed by atoms with van der Waals surface area (Å²) in [6.45, 7) is 2.65. The van der Waals surface area contributed by atoms with Crippen molar-refractivity contribution in [3.8, 4) is 0 Å². The van der Waals surface area contributed by atoms with Gasteiger partial charge < -0.3 is 15.0 Å². The fourth-order valence-electron chi connectivity index (χ4n) is 2.22. The second-order valence-electron chi connectivity index (χ2n) is 5.14. The minimum Gasteiger partial charge on any atom is -0.390 e. The van der Waals surface area contributed by atoms with E-state index in [1.807, 2.05) is 4.98 Å². The first-order chi connectivity index (χ1) is 8.87. The number of aliphatic hydroxyl groups is 1. The van der Waals surface area contributed by atoms with E-state index in [2.05, 4.69) is 4.98 Å². The largest absolute Gasteiger partial charge is 0.390 e. The number of carbonyl (C=O) groups excluding carboxylic acids is 1. The van der Waals surface area contributed by atoms with Gasteiger partial charge in [-0.3, -0.25) is 14.6 Å². The number of hydrogen-bond donors (Lipinski definition) is 3. The van der Waals surface area contributed by atoms with Crippen LogP contribution in [0.25, 0.3) is 0 Å². The van der Waals surface area contributed by atoms with Gasteiger partial charge in [-0.15, -0.1) is 0 Å². The van der Waals surface area contributed by atoms with Gasteiger partial charge in [0.2, 0.25) is 0 Å². The average Bonchev–Trinajstić information content (AvgIpc) is 2.48. The summed E-state index contributed by atoms with van der Waals surface area (Å²) >= 11 is 0. The van der Waals surface area contributed by atoms with Crippen LogP contribution in [-0.4, -0.2) is 44.6 Å². The third-order valence-corrected chi connectivity index (χ3v) is 3.34. The highest BCUT2D eigenvalue weighted by molar-refractivity contribution is 5.92. The van der Waals surface area contributed by atoms with Crippen LogP contribution in [-0.2, 0) is 0 Å². The van der Waals surface area contributed by atoms with Gasteiger partial charge in [-0.25, -0.2) is 4.79 Å². The van der Waals surface area contributed by atoms with Crippen LogP contribution >= 0.6 is 0 Å². The maximum atomic E-state index is 12.2. The summed E-state index contributed by atoms with van der Waals surface area (Å²) in [7, 11) is 0. The number of carbonyl (C=O) groups is 1. The maximum Gasteiger partial charge on any atom is 0.326 e. The Labute approximate surface area is 109 Å². The lowest BCUT2D eigenvalue weighted by atomic mass is 9.98. The molecule has 1 aromatic rings. The third kappa shape index (κ3) is 3.31. The van der Waals surface area contributed by atoms with Crippen LogP contribution in [0.15, 0.2) is 15.7 Å². The van der Waals surface area contributed by atoms with E-state index in [4.69, 9.17) is 0 Å². The normalized spacial score (nSPS) is 24.0. The first-order valence-corrected chi connectivity index (χ1v) is 6.23. The van der Waals surface area contributed by atoms with Crippen molar-refractivity contribution in [2.45, 2.75) is 31.8 Å². The van der Waals surface area contributed by atoms with Crippen LogP contribution in [0.4, 0.5) is 0 Å². The van der Waals surface area contributed by atoms with Gasteiger partial charge in [0, 0.05) is 19.2 Å². The third-order valence-electron chi connectivity index (χ3n) is 3.34. The zero-order chi connectivity index (χ0) is 14.0. The van der Waals surface area contributed by atoms with Crippen molar-refractivity contribution in [1.82, 2.24) is 14.9 Å². The van der Waals surface area contributed by atoms with Crippen LogP contribution in [0.2, 0.25) is 0 Å². The topological polar surface area (TPSA) is 106 Å². The molecule has 1 aromatic heterocycles. The van der Waals surface area contributed by atoms with Crippen LogP contribution in [0.1, 0.15) is 36.7 Å². The summed E-state index contributed by atoms with van der Waals surface area (Å²) in [5.74, 6) is -0.388. The zero-order valence-electron chi connectivity index (χ0n) is 10.7. The van der Waals surface area contributed by atoms with Crippen molar-refractivity contribution in [3.05, 3.63) is 32.6 Å². The summed E-state index contributed by atoms with van der Waals surface area (Å²) < 4.78 is 0. The number of rotatable bonds is 1. The molecule has 1 aliphatic rings. The molecule has 3 N–H and O–H groups in total. The van der Waals surface area contributed by atoms with Crippen molar-refractivity contribution < 1.29 is 9.90 Å². The van der Waals surface area contributed by atoms with E-state index in [-0.39, 0.29) is 11.6 Å². The Balaban J connectivity index is 2.20. The van der Waals surface area contributed by atoms with Crippen molar-refractivity contribution >= 4 is 5.91 Å². The summed E-state index contributed by atoms with van der Waals surface area (Å²) in [6.07, 6.45) is 1.79. The lowest BCUT2D eigenvalue weighted by molar-refractivity contribution is 0.0437. The molecule has 0 saturated carbocycles. The minimum absolute atomic E-state index is 0.0182. The Bertz CT molecular complexity index is 559. The van der Waals surface area contributed by atoms with Gasteiger partial charge in [0.05, 0.1) is 5.60 Å². The zero-order valence-corrected chi connectivity index (χ0v) is 10.7. The molecule has 1 aliphatic heterocycles. The van der Waals surface area contributed by atoms with E-state index in [0.717, 1.165) is 6.07 Å². The van der Waals surface area contributed by atoms with E-state index in [1.54, 1.807) is 11.8 Å². The van der Waals surface area contributed by atoms with Crippen LogP contribution in [0, 0.1) is 0 Å². The number of aromatic nitrogens is 2. The quantitative estimate of drug-likeness (QED) is 0.634. The highest BCUT2D eigenvalue weighted by Crippen LogP contribution is 2.21. The van der Waals surface area contributed by atoms with Gasteiger partial charge in [-0.1, -0.05) is 0 Å². The van der Waals surface area contributed by atoms with Gasteiger partial charge in [-0.2, -0.15) is 0 Å². The number of likely N-dealkylation sites (tertiary alicyclic amines) is 1. The Hall–Kier alpha value is -1.89. The average molecular weight is 267 g/mol. The number of nitrogens with zero attached hydrogens (tertiary/aromatic N) is 1. The minimum atomic E-state index is -0.767. The second kappa shape index (κ2) is 5.00. The van der Waals surface area contributed by atoms with E-state index < -0.39 is 16.9 Å². The molecule has 0 bridgehead atoms. The van der Waals surface area contributed by atoms with Crippen molar-refractivity contribution in [3.63, 3.8) is 0 Å². The number of amides is 1. The second-order valence-corrected chi connectivity index (χ2v) is 5.14. The monoisotopic (exact) mass is 267 g/mol. The molecule has 1 fully saturated rings. The Morgan fingerprint density at radius 3 is 2.74 bits per heavy atom. The summed E-state index contributed by atoms with van der Waals surface area (Å²) in [5.41, 5.74) is -2.08. The molecule has 19 heavy (non-hydrogen) atoms. The molecule has 0 aromatic carbocycles. The molecule has 0 spiro atoms. The summed E-state index contributed by atoms with van der Waals surface area (Å²) in [6, 6.07) is 1.08. The molecule has 7 heteroatoms. The Morgan fingerprint density at radius 1 is 1.32 bits per heavy atom. The first-order valence-electron chi connectivity index (χ1n) is 6.23. The molecule has 1 unspecified atom stereocenters. The highest BCUT2D eigenvalue weighted by Gasteiger charge is 2.27. The molecule has 104 valence electrons. The fourth-order valence-corrected chi connectivity index (χ4v) is 2.22. The molecule has 2 heterocycles. The molecule has 1 amide bonds. The van der Waals surface area contributed by atoms with Gasteiger partial charge in [-0.05, 0) is 26.2 Å². The van der Waals surface area contributed by atoms with Crippen molar-refractivity contribution in [1.29, 1.82) is 0 Å². The predicted molar refractivity (Wildman–Crippen MR) is 68.1 cm³/mol. The predicted octanol–water partition coefficient (Wildman–Crippen LogP) is -0.560. The first kappa shape index (κ1) is 13.5.